The van der Waals surface area contributed by atoms with Crippen molar-refractivity contribution in [2.45, 2.75) is 39.0 Å². The fourth-order valence-electron chi connectivity index (χ4n) is 2.94. The standard InChI is InChI=1S/C15H22BrN3O/c1-10-3-2-4-11(7-10)5-6-18-15(20)13-8-12(16)9-19-14(13)17/h8-11H,2-7H2,1H3,(H2,17,19)(H,18,20). The highest BCUT2D eigenvalue weighted by molar-refractivity contribution is 9.10. The van der Waals surface area contributed by atoms with Crippen LogP contribution >= 0.6 is 15.9 Å². The van der Waals surface area contributed by atoms with Gasteiger partial charge in [-0.1, -0.05) is 26.2 Å². The summed E-state index contributed by atoms with van der Waals surface area (Å²) in [5.41, 5.74) is 6.17. The zero-order valence-corrected chi connectivity index (χ0v) is 13.4. The van der Waals surface area contributed by atoms with E-state index in [4.69, 9.17) is 5.73 Å². The molecule has 1 saturated carbocycles. The van der Waals surface area contributed by atoms with Gasteiger partial charge >= 0.3 is 0 Å². The van der Waals surface area contributed by atoms with Gasteiger partial charge in [-0.2, -0.15) is 0 Å². The predicted octanol–water partition coefficient (Wildman–Crippen LogP) is 3.37. The highest BCUT2D eigenvalue weighted by Crippen LogP contribution is 2.30. The molecular formula is C15H22BrN3O. The van der Waals surface area contributed by atoms with E-state index in [0.29, 0.717) is 12.1 Å². The minimum absolute atomic E-state index is 0.139. The van der Waals surface area contributed by atoms with Gasteiger partial charge in [0.05, 0.1) is 5.56 Å². The lowest BCUT2D eigenvalue weighted by atomic mass is 9.81. The van der Waals surface area contributed by atoms with Crippen LogP contribution in [0, 0.1) is 11.8 Å². The van der Waals surface area contributed by atoms with Gasteiger partial charge in [-0.05, 0) is 46.7 Å². The molecular weight excluding hydrogens is 318 g/mol. The third kappa shape index (κ3) is 4.20. The van der Waals surface area contributed by atoms with Crippen molar-refractivity contribution >= 4 is 27.7 Å². The Morgan fingerprint density at radius 1 is 1.55 bits per heavy atom. The lowest BCUT2D eigenvalue weighted by Crippen LogP contribution is -2.28. The van der Waals surface area contributed by atoms with Crippen molar-refractivity contribution in [2.24, 2.45) is 11.8 Å². The third-order valence-electron chi connectivity index (χ3n) is 4.01. The number of aromatic nitrogens is 1. The normalized spacial score (nSPS) is 22.5. The number of halogens is 1. The first kappa shape index (κ1) is 15.3. The minimum Gasteiger partial charge on any atom is -0.383 e. The van der Waals surface area contributed by atoms with Gasteiger partial charge in [-0.25, -0.2) is 4.98 Å². The second-order valence-electron chi connectivity index (χ2n) is 5.77. The number of nitrogens with two attached hydrogens (primary N) is 1. The Kier molecular flexibility index (Phi) is 5.40. The first-order chi connectivity index (χ1) is 9.56. The van der Waals surface area contributed by atoms with Crippen LogP contribution in [0.2, 0.25) is 0 Å². The first-order valence-electron chi connectivity index (χ1n) is 7.25. The van der Waals surface area contributed by atoms with Gasteiger partial charge in [0.1, 0.15) is 5.82 Å². The zero-order chi connectivity index (χ0) is 14.5. The van der Waals surface area contributed by atoms with Crippen LogP contribution in [0.3, 0.4) is 0 Å². The number of nitrogen functional groups attached to an aromatic ring is 1. The van der Waals surface area contributed by atoms with E-state index in [0.717, 1.165) is 22.7 Å². The molecule has 0 aromatic carbocycles. The highest BCUT2D eigenvalue weighted by atomic mass is 79.9. The average Bonchev–Trinajstić information content (AvgIpc) is 2.41. The summed E-state index contributed by atoms with van der Waals surface area (Å²) in [6.07, 6.45) is 7.90. The number of carbonyl (C=O) groups excluding carboxylic acids is 1. The van der Waals surface area contributed by atoms with Crippen LogP contribution in [0.5, 0.6) is 0 Å². The highest BCUT2D eigenvalue weighted by Gasteiger charge is 2.19. The van der Waals surface area contributed by atoms with E-state index < -0.39 is 0 Å². The monoisotopic (exact) mass is 339 g/mol. The van der Waals surface area contributed by atoms with Crippen LogP contribution in [0.1, 0.15) is 49.4 Å². The van der Waals surface area contributed by atoms with Crippen LogP contribution in [0.4, 0.5) is 5.82 Å². The van der Waals surface area contributed by atoms with E-state index in [1.807, 2.05) is 0 Å². The van der Waals surface area contributed by atoms with Gasteiger partial charge in [0, 0.05) is 17.2 Å². The van der Waals surface area contributed by atoms with Gasteiger partial charge in [0.2, 0.25) is 0 Å². The van der Waals surface area contributed by atoms with Crippen molar-refractivity contribution in [3.8, 4) is 0 Å². The van der Waals surface area contributed by atoms with Gasteiger partial charge in [0.15, 0.2) is 0 Å². The maximum atomic E-state index is 12.1. The van der Waals surface area contributed by atoms with Crippen molar-refractivity contribution in [1.29, 1.82) is 0 Å². The molecule has 1 fully saturated rings. The molecule has 0 aliphatic heterocycles. The number of amides is 1. The Hall–Kier alpha value is -1.10. The summed E-state index contributed by atoms with van der Waals surface area (Å²) in [4.78, 5) is 16.0. The van der Waals surface area contributed by atoms with E-state index in [1.165, 1.54) is 25.7 Å². The maximum absolute atomic E-state index is 12.1. The van der Waals surface area contributed by atoms with E-state index in [9.17, 15) is 4.79 Å². The van der Waals surface area contributed by atoms with Crippen molar-refractivity contribution in [3.05, 3.63) is 22.3 Å². The maximum Gasteiger partial charge on any atom is 0.255 e. The summed E-state index contributed by atoms with van der Waals surface area (Å²) in [6, 6.07) is 1.71. The molecule has 2 unspecified atom stereocenters. The number of rotatable bonds is 4. The number of pyridine rings is 1. The number of hydrogen-bond donors (Lipinski definition) is 2. The summed E-state index contributed by atoms with van der Waals surface area (Å²) in [7, 11) is 0. The molecule has 0 bridgehead atoms. The van der Waals surface area contributed by atoms with E-state index >= 15 is 0 Å². The van der Waals surface area contributed by atoms with E-state index in [2.05, 4.69) is 33.2 Å². The Balaban J connectivity index is 1.81. The second kappa shape index (κ2) is 7.07. The molecule has 5 heteroatoms. The molecule has 1 amide bonds. The van der Waals surface area contributed by atoms with Gasteiger partial charge in [-0.3, -0.25) is 4.79 Å². The molecule has 1 heterocycles. The van der Waals surface area contributed by atoms with Crippen LogP contribution in [-0.2, 0) is 0 Å². The number of carbonyl (C=O) groups is 1. The molecule has 1 aliphatic carbocycles. The van der Waals surface area contributed by atoms with Crippen LogP contribution in [0.25, 0.3) is 0 Å². The molecule has 0 spiro atoms. The van der Waals surface area contributed by atoms with Crippen LogP contribution in [-0.4, -0.2) is 17.4 Å². The fraction of sp³-hybridized carbons (Fsp3) is 0.600. The zero-order valence-electron chi connectivity index (χ0n) is 11.9. The number of anilines is 1. The van der Waals surface area contributed by atoms with Gasteiger partial charge in [0.25, 0.3) is 5.91 Å². The fourth-order valence-corrected chi connectivity index (χ4v) is 3.27. The van der Waals surface area contributed by atoms with E-state index in [1.54, 1.807) is 12.3 Å². The number of nitrogens with one attached hydrogen (secondary N) is 1. The molecule has 0 saturated heterocycles. The summed E-state index contributed by atoms with van der Waals surface area (Å²) in [6.45, 7) is 3.03. The molecule has 3 N–H and O–H groups in total. The molecule has 20 heavy (non-hydrogen) atoms. The second-order valence-corrected chi connectivity index (χ2v) is 6.68. The summed E-state index contributed by atoms with van der Waals surface area (Å²) in [5.74, 6) is 1.71. The van der Waals surface area contributed by atoms with Crippen LogP contribution in [0.15, 0.2) is 16.7 Å². The minimum atomic E-state index is -0.139. The van der Waals surface area contributed by atoms with Gasteiger partial charge < -0.3 is 11.1 Å². The van der Waals surface area contributed by atoms with Crippen molar-refractivity contribution in [3.63, 3.8) is 0 Å². The number of nitrogens with zero attached hydrogens (tertiary/aromatic N) is 1. The van der Waals surface area contributed by atoms with Crippen LogP contribution < -0.4 is 11.1 Å². The Morgan fingerprint density at radius 2 is 2.35 bits per heavy atom. The summed E-state index contributed by atoms with van der Waals surface area (Å²) < 4.78 is 0.762. The van der Waals surface area contributed by atoms with Gasteiger partial charge in [-0.15, -0.1) is 0 Å². The van der Waals surface area contributed by atoms with Crippen molar-refractivity contribution < 1.29 is 4.79 Å². The first-order valence-corrected chi connectivity index (χ1v) is 8.04. The van der Waals surface area contributed by atoms with Crippen molar-refractivity contribution in [2.75, 3.05) is 12.3 Å². The number of hydrogen-bond acceptors (Lipinski definition) is 3. The molecule has 110 valence electrons. The molecule has 2 rings (SSSR count). The average molecular weight is 340 g/mol. The third-order valence-corrected chi connectivity index (χ3v) is 4.45. The topological polar surface area (TPSA) is 68.0 Å². The van der Waals surface area contributed by atoms with E-state index in [-0.39, 0.29) is 11.7 Å². The lowest BCUT2D eigenvalue weighted by molar-refractivity contribution is 0.0950. The summed E-state index contributed by atoms with van der Waals surface area (Å²) in [5, 5.41) is 2.95. The summed E-state index contributed by atoms with van der Waals surface area (Å²) >= 11 is 3.30. The smallest absolute Gasteiger partial charge is 0.255 e. The lowest BCUT2D eigenvalue weighted by Gasteiger charge is -2.26. The SMILES string of the molecule is CC1CCCC(CCNC(=O)c2cc(Br)cnc2N)C1. The predicted molar refractivity (Wildman–Crippen MR) is 84.4 cm³/mol. The quantitative estimate of drug-likeness (QED) is 0.883. The molecule has 2 atom stereocenters. The Labute approximate surface area is 128 Å². The van der Waals surface area contributed by atoms with Crippen molar-refractivity contribution in [1.82, 2.24) is 10.3 Å². The Bertz CT molecular complexity index is 478. The largest absolute Gasteiger partial charge is 0.383 e. The molecule has 1 aromatic heterocycles. The Morgan fingerprint density at radius 3 is 3.10 bits per heavy atom. The molecule has 0 radical (unpaired) electrons. The molecule has 1 aliphatic rings. The molecule has 4 nitrogen and oxygen atoms in total. The molecule has 1 aromatic rings.